The number of rotatable bonds is 16. The number of nitrogens with one attached hydrogen (secondary N) is 4. The number of fused-ring (bicyclic) bond motifs is 2. The van der Waals surface area contributed by atoms with Crippen LogP contribution in [0.4, 0.5) is 21.9 Å². The normalized spacial score (nSPS) is 18.3. The Balaban J connectivity index is 0.641. The zero-order valence-electron chi connectivity index (χ0n) is 36.9. The average molecular weight is 918 g/mol. The van der Waals surface area contributed by atoms with Crippen molar-refractivity contribution < 1.29 is 43.0 Å². The van der Waals surface area contributed by atoms with Crippen LogP contribution in [-0.4, -0.2) is 146 Å². The van der Waals surface area contributed by atoms with Crippen LogP contribution in [-0.2, 0) is 35.1 Å². The summed E-state index contributed by atoms with van der Waals surface area (Å²) in [5, 5.41) is 15.2. The lowest BCUT2D eigenvalue weighted by Gasteiger charge is -2.36. The molecule has 4 N–H and O–H groups in total. The number of imide groups is 1. The van der Waals surface area contributed by atoms with Gasteiger partial charge in [0, 0.05) is 75.8 Å². The van der Waals surface area contributed by atoms with Gasteiger partial charge in [-0.25, -0.2) is 24.3 Å². The van der Waals surface area contributed by atoms with Gasteiger partial charge in [0.2, 0.25) is 17.7 Å². The van der Waals surface area contributed by atoms with Gasteiger partial charge in [-0.2, -0.15) is 5.10 Å². The van der Waals surface area contributed by atoms with Gasteiger partial charge in [-0.15, -0.1) is 0 Å². The number of hydrogen-bond acceptors (Lipinski definition) is 14. The third kappa shape index (κ3) is 10.1. The van der Waals surface area contributed by atoms with E-state index in [4.69, 9.17) is 14.2 Å². The number of urea groups is 1. The number of aromatic nitrogens is 6. The molecule has 2 atom stereocenters. The third-order valence-corrected chi connectivity index (χ3v) is 12.2. The number of nitrogens with zero attached hydrogens (tertiary/aromatic N) is 9. The van der Waals surface area contributed by atoms with Crippen molar-refractivity contribution in [1.82, 2.24) is 49.6 Å². The standard InChI is InChI=1S/C45H51N13O9/c1-28-21-30(51-45(64)52-33-24-47-37-8-10-50-58(37)40(33)36-3-2-16-67-36)23-48-41(28)56-26-34(49-27-56)42(61)46-11-18-66-20-19-65-17-9-39(60)55-14-12-54(13-15-55)31-4-5-32-29(22-31)25-57(44(32)63)35-6-7-38(59)53-43(35)62/h4-5,8,10,21-24,26-27,35-36H,2-3,6-7,9,11-20,25H2,1H3,(H,46,61)(H2,51,52,64)(H,53,59,62). The van der Waals surface area contributed by atoms with Crippen molar-refractivity contribution in [3.63, 3.8) is 0 Å². The zero-order valence-corrected chi connectivity index (χ0v) is 36.9. The summed E-state index contributed by atoms with van der Waals surface area (Å²) in [7, 11) is 0. The van der Waals surface area contributed by atoms with Crippen LogP contribution in [0.1, 0.15) is 75.9 Å². The first kappa shape index (κ1) is 44.9. The van der Waals surface area contributed by atoms with Crippen LogP contribution in [0.5, 0.6) is 0 Å². The lowest BCUT2D eigenvalue weighted by molar-refractivity contribution is -0.137. The van der Waals surface area contributed by atoms with E-state index in [1.807, 2.05) is 24.0 Å². The lowest BCUT2D eigenvalue weighted by Crippen LogP contribution is -2.52. The molecule has 22 nitrogen and oxygen atoms in total. The maximum Gasteiger partial charge on any atom is 0.323 e. The number of carbonyl (C=O) groups excluding carboxylic acids is 6. The highest BCUT2D eigenvalue weighted by molar-refractivity contribution is 6.05. The molecule has 0 saturated carbocycles. The van der Waals surface area contributed by atoms with E-state index in [2.05, 4.69) is 46.2 Å². The molecule has 1 aromatic carbocycles. The van der Waals surface area contributed by atoms with Gasteiger partial charge >= 0.3 is 6.03 Å². The molecule has 0 bridgehead atoms. The number of benzene rings is 1. The summed E-state index contributed by atoms with van der Waals surface area (Å²) in [6.07, 6.45) is 10.1. The summed E-state index contributed by atoms with van der Waals surface area (Å²) in [5.41, 5.74) is 5.65. The number of imidazole rings is 1. The van der Waals surface area contributed by atoms with E-state index in [1.165, 1.54) is 12.5 Å². The topological polar surface area (TPSA) is 249 Å². The van der Waals surface area contributed by atoms with Crippen LogP contribution in [0.3, 0.4) is 0 Å². The highest BCUT2D eigenvalue weighted by Crippen LogP contribution is 2.34. The van der Waals surface area contributed by atoms with Crippen molar-refractivity contribution in [3.8, 4) is 5.82 Å². The van der Waals surface area contributed by atoms with Crippen LogP contribution >= 0.6 is 0 Å². The molecule has 0 aliphatic carbocycles. The molecule has 22 heteroatoms. The summed E-state index contributed by atoms with van der Waals surface area (Å²) in [6, 6.07) is 8.10. The molecule has 3 saturated heterocycles. The minimum absolute atomic E-state index is 0.00739. The zero-order chi connectivity index (χ0) is 46.4. The summed E-state index contributed by atoms with van der Waals surface area (Å²) in [4.78, 5) is 94.6. The van der Waals surface area contributed by atoms with Gasteiger partial charge in [-0.05, 0) is 61.6 Å². The minimum atomic E-state index is -0.657. The van der Waals surface area contributed by atoms with Gasteiger partial charge in [0.25, 0.3) is 11.8 Å². The first-order valence-electron chi connectivity index (χ1n) is 22.4. The van der Waals surface area contributed by atoms with Gasteiger partial charge in [-0.3, -0.25) is 33.9 Å². The Kier molecular flexibility index (Phi) is 13.4. The van der Waals surface area contributed by atoms with Gasteiger partial charge in [-0.1, -0.05) is 0 Å². The Morgan fingerprint density at radius 2 is 1.76 bits per heavy atom. The molecular formula is C45H51N13O9. The number of piperazine rings is 1. The van der Waals surface area contributed by atoms with Gasteiger partial charge < -0.3 is 44.9 Å². The Labute approximate surface area is 384 Å². The lowest BCUT2D eigenvalue weighted by atomic mass is 10.0. The first-order chi connectivity index (χ1) is 32.6. The predicted octanol–water partition coefficient (Wildman–Crippen LogP) is 2.38. The summed E-state index contributed by atoms with van der Waals surface area (Å²) in [5.74, 6) is -0.788. The van der Waals surface area contributed by atoms with Crippen molar-refractivity contribution in [2.24, 2.45) is 0 Å². The Bertz CT molecular complexity index is 2690. The second-order valence-corrected chi connectivity index (χ2v) is 16.6. The van der Waals surface area contributed by atoms with Gasteiger partial charge in [0.05, 0.1) is 68.5 Å². The first-order valence-corrected chi connectivity index (χ1v) is 22.4. The molecule has 4 aliphatic rings. The van der Waals surface area contributed by atoms with E-state index >= 15 is 0 Å². The molecule has 3 fully saturated rings. The molecule has 2 unspecified atom stereocenters. The summed E-state index contributed by atoms with van der Waals surface area (Å²) in [6.45, 7) is 6.52. The number of ether oxygens (including phenoxy) is 3. The molecule has 7 amide bonds. The fourth-order valence-electron chi connectivity index (χ4n) is 8.78. The quantitative estimate of drug-likeness (QED) is 0.0820. The Morgan fingerprint density at radius 1 is 0.925 bits per heavy atom. The van der Waals surface area contributed by atoms with E-state index in [9.17, 15) is 28.8 Å². The van der Waals surface area contributed by atoms with Crippen molar-refractivity contribution in [1.29, 1.82) is 0 Å². The maximum absolute atomic E-state index is 13.1. The van der Waals surface area contributed by atoms with E-state index in [-0.39, 0.29) is 68.0 Å². The fraction of sp³-hybridized carbons (Fsp3) is 0.422. The average Bonchev–Trinajstić information content (AvgIpc) is 4.17. The number of carbonyl (C=O) groups is 6. The number of piperidine rings is 1. The Hall–Kier alpha value is -7.30. The van der Waals surface area contributed by atoms with E-state index < -0.39 is 18.0 Å². The smallest absolute Gasteiger partial charge is 0.323 e. The SMILES string of the molecule is Cc1cc(NC(=O)Nc2cnc3ccnn3c2C2CCCO2)cnc1-n1cnc(C(=O)NCCOCCOCCC(=O)N2CCN(c3ccc4c(c3)CN(C3CCC(=O)NC3=O)C4=O)CC2)c1. The molecule has 0 radical (unpaired) electrons. The number of hydrogen-bond donors (Lipinski definition) is 4. The van der Waals surface area contributed by atoms with Gasteiger partial charge in [0.15, 0.2) is 5.65 Å². The van der Waals surface area contributed by atoms with Gasteiger partial charge in [0.1, 0.15) is 30.0 Å². The largest absolute Gasteiger partial charge is 0.379 e. The van der Waals surface area contributed by atoms with Crippen molar-refractivity contribution in [3.05, 3.63) is 89.5 Å². The van der Waals surface area contributed by atoms with Crippen molar-refractivity contribution >= 4 is 58.3 Å². The second-order valence-electron chi connectivity index (χ2n) is 16.6. The number of amides is 7. The van der Waals surface area contributed by atoms with E-state index in [0.717, 1.165) is 35.3 Å². The maximum atomic E-state index is 13.1. The monoisotopic (exact) mass is 917 g/mol. The highest BCUT2D eigenvalue weighted by Gasteiger charge is 2.39. The summed E-state index contributed by atoms with van der Waals surface area (Å²) >= 11 is 0. The van der Waals surface area contributed by atoms with Crippen LogP contribution < -0.4 is 26.2 Å². The minimum Gasteiger partial charge on any atom is -0.379 e. The van der Waals surface area contributed by atoms with E-state index in [1.54, 1.807) is 50.8 Å². The molecular weight excluding hydrogens is 867 g/mol. The van der Waals surface area contributed by atoms with Crippen LogP contribution in [0.15, 0.2) is 61.4 Å². The molecule has 9 rings (SSSR count). The molecule has 0 spiro atoms. The van der Waals surface area contributed by atoms with Crippen LogP contribution in [0, 0.1) is 6.92 Å². The number of anilines is 3. The molecule has 67 heavy (non-hydrogen) atoms. The molecule has 350 valence electrons. The molecule has 8 heterocycles. The van der Waals surface area contributed by atoms with Crippen molar-refractivity contribution in [2.75, 3.05) is 81.3 Å². The fourth-order valence-corrected chi connectivity index (χ4v) is 8.78. The second kappa shape index (κ2) is 20.1. The Morgan fingerprint density at radius 3 is 2.55 bits per heavy atom. The van der Waals surface area contributed by atoms with Crippen LogP contribution in [0.2, 0.25) is 0 Å². The molecule has 4 aromatic heterocycles. The third-order valence-electron chi connectivity index (χ3n) is 12.2. The molecule has 4 aliphatic heterocycles. The molecule has 5 aromatic rings. The summed E-state index contributed by atoms with van der Waals surface area (Å²) < 4.78 is 20.5. The number of aryl methyl sites for hydroxylation is 1. The number of pyridine rings is 1. The van der Waals surface area contributed by atoms with E-state index in [0.29, 0.717) is 87.4 Å². The van der Waals surface area contributed by atoms with Crippen LogP contribution in [0.25, 0.3) is 11.5 Å². The van der Waals surface area contributed by atoms with Crippen molar-refractivity contribution in [2.45, 2.75) is 57.7 Å². The predicted molar refractivity (Wildman–Crippen MR) is 240 cm³/mol. The highest BCUT2D eigenvalue weighted by atomic mass is 16.5.